The number of ether oxygens (including phenoxy) is 2. The number of rotatable bonds is 11. The lowest BCUT2D eigenvalue weighted by molar-refractivity contribution is -0.149. The van der Waals surface area contributed by atoms with Crippen LogP contribution in [0.3, 0.4) is 0 Å². The Hall–Kier alpha value is -0.570. The maximum absolute atomic E-state index is 11.6. The Labute approximate surface area is 118 Å². The lowest BCUT2D eigenvalue weighted by atomic mass is 9.89. The highest BCUT2D eigenvalue weighted by atomic mass is 16.6. The minimum absolute atomic E-state index is 0.195. The van der Waals surface area contributed by atoms with E-state index >= 15 is 0 Å². The highest BCUT2D eigenvalue weighted by molar-refractivity contribution is 5.82. The predicted molar refractivity (Wildman–Crippen MR) is 77.1 cm³/mol. The third kappa shape index (κ3) is 5.13. The van der Waals surface area contributed by atoms with Crippen LogP contribution >= 0.6 is 0 Å². The largest absolute Gasteiger partial charge is 0.467 e. The second-order valence-corrected chi connectivity index (χ2v) is 5.83. The molecule has 1 aliphatic heterocycles. The van der Waals surface area contributed by atoms with Crippen molar-refractivity contribution in [2.45, 2.75) is 77.2 Å². The van der Waals surface area contributed by atoms with Crippen molar-refractivity contribution in [3.63, 3.8) is 0 Å². The van der Waals surface area contributed by atoms with Crippen LogP contribution in [0, 0.1) is 5.92 Å². The molecule has 1 saturated heterocycles. The minimum atomic E-state index is -0.601. The van der Waals surface area contributed by atoms with Crippen molar-refractivity contribution in [1.29, 1.82) is 0 Å². The molecule has 3 heteroatoms. The third-order valence-corrected chi connectivity index (χ3v) is 4.27. The van der Waals surface area contributed by atoms with Gasteiger partial charge >= 0.3 is 5.97 Å². The van der Waals surface area contributed by atoms with Gasteiger partial charge in [0, 0.05) is 0 Å². The van der Waals surface area contributed by atoms with E-state index in [0.717, 1.165) is 6.42 Å². The van der Waals surface area contributed by atoms with Gasteiger partial charge in [0.2, 0.25) is 0 Å². The van der Waals surface area contributed by atoms with Crippen molar-refractivity contribution < 1.29 is 14.3 Å². The summed E-state index contributed by atoms with van der Waals surface area (Å²) in [5.41, 5.74) is -0.601. The van der Waals surface area contributed by atoms with Crippen molar-refractivity contribution >= 4 is 5.97 Å². The number of hydrogen-bond donors (Lipinski definition) is 0. The van der Waals surface area contributed by atoms with Crippen LogP contribution in [-0.2, 0) is 14.3 Å². The van der Waals surface area contributed by atoms with Gasteiger partial charge < -0.3 is 9.47 Å². The normalized spacial score (nSPS) is 23.1. The van der Waals surface area contributed by atoms with Crippen molar-refractivity contribution in [1.82, 2.24) is 0 Å². The number of epoxide rings is 1. The first-order valence-electron chi connectivity index (χ1n) is 7.89. The highest BCUT2D eigenvalue weighted by Gasteiger charge is 2.57. The summed E-state index contributed by atoms with van der Waals surface area (Å²) in [6.45, 7) is 4.89. The standard InChI is InChI=1S/C16H30O3/c1-4-5-6-7-8-9-10-11-12-14(2)16(13-19-16)15(17)18-3/h14H,4-13H2,1-3H3. The van der Waals surface area contributed by atoms with Crippen LogP contribution < -0.4 is 0 Å². The van der Waals surface area contributed by atoms with Gasteiger partial charge in [-0.3, -0.25) is 0 Å². The SMILES string of the molecule is CCCCCCCCCCC(C)C1(C(=O)OC)CO1. The number of hydrogen-bond acceptors (Lipinski definition) is 3. The van der Waals surface area contributed by atoms with E-state index in [1.165, 1.54) is 58.5 Å². The average Bonchev–Trinajstić information content (AvgIpc) is 3.22. The van der Waals surface area contributed by atoms with Crippen LogP contribution in [0.1, 0.15) is 71.6 Å². The van der Waals surface area contributed by atoms with E-state index in [1.807, 2.05) is 0 Å². The Bertz CT molecular complexity index is 259. The molecule has 0 aromatic heterocycles. The van der Waals surface area contributed by atoms with Crippen LogP contribution in [0.5, 0.6) is 0 Å². The Morgan fingerprint density at radius 3 is 2.16 bits per heavy atom. The molecule has 0 spiro atoms. The first kappa shape index (κ1) is 16.5. The van der Waals surface area contributed by atoms with Crippen molar-refractivity contribution in [3.05, 3.63) is 0 Å². The molecule has 0 amide bonds. The van der Waals surface area contributed by atoms with Gasteiger partial charge in [0.05, 0.1) is 13.7 Å². The smallest absolute Gasteiger partial charge is 0.340 e. The van der Waals surface area contributed by atoms with Gasteiger partial charge in [-0.2, -0.15) is 0 Å². The van der Waals surface area contributed by atoms with Crippen molar-refractivity contribution in [2.75, 3.05) is 13.7 Å². The quantitative estimate of drug-likeness (QED) is 0.322. The van der Waals surface area contributed by atoms with Crippen LogP contribution in [0.2, 0.25) is 0 Å². The lowest BCUT2D eigenvalue weighted by Crippen LogP contribution is -2.33. The van der Waals surface area contributed by atoms with Gasteiger partial charge in [0.15, 0.2) is 5.60 Å². The van der Waals surface area contributed by atoms with Crippen LogP contribution in [-0.4, -0.2) is 25.3 Å². The van der Waals surface area contributed by atoms with Gasteiger partial charge in [0.25, 0.3) is 0 Å². The molecule has 0 bridgehead atoms. The summed E-state index contributed by atoms with van der Waals surface area (Å²) in [5.74, 6) is 0.0830. The molecule has 0 radical (unpaired) electrons. The molecule has 2 atom stereocenters. The van der Waals surface area contributed by atoms with Gasteiger partial charge in [-0.15, -0.1) is 0 Å². The molecule has 2 unspecified atom stereocenters. The van der Waals surface area contributed by atoms with E-state index < -0.39 is 5.60 Å². The Morgan fingerprint density at radius 1 is 1.16 bits per heavy atom. The summed E-state index contributed by atoms with van der Waals surface area (Å²) in [4.78, 5) is 11.6. The topological polar surface area (TPSA) is 38.8 Å². The Balaban J connectivity index is 2.02. The second kappa shape index (κ2) is 8.57. The molecular weight excluding hydrogens is 240 g/mol. The molecule has 112 valence electrons. The fourth-order valence-electron chi connectivity index (χ4n) is 2.67. The fourth-order valence-corrected chi connectivity index (χ4v) is 2.67. The Kier molecular flexibility index (Phi) is 7.44. The van der Waals surface area contributed by atoms with E-state index in [1.54, 1.807) is 0 Å². The van der Waals surface area contributed by atoms with Gasteiger partial charge in [-0.05, 0) is 12.3 Å². The van der Waals surface area contributed by atoms with E-state index in [9.17, 15) is 4.79 Å². The van der Waals surface area contributed by atoms with Gasteiger partial charge in [-0.25, -0.2) is 4.79 Å². The fraction of sp³-hybridized carbons (Fsp3) is 0.938. The minimum Gasteiger partial charge on any atom is -0.467 e. The van der Waals surface area contributed by atoms with Gasteiger partial charge in [-0.1, -0.05) is 65.2 Å². The molecule has 3 nitrogen and oxygen atoms in total. The van der Waals surface area contributed by atoms with Crippen LogP contribution in [0.25, 0.3) is 0 Å². The summed E-state index contributed by atoms with van der Waals surface area (Å²) in [6, 6.07) is 0. The van der Waals surface area contributed by atoms with Crippen molar-refractivity contribution in [3.8, 4) is 0 Å². The number of carbonyl (C=O) groups excluding carboxylic acids is 1. The second-order valence-electron chi connectivity index (χ2n) is 5.83. The first-order chi connectivity index (χ1) is 9.17. The summed E-state index contributed by atoms with van der Waals surface area (Å²) in [7, 11) is 1.44. The van der Waals surface area contributed by atoms with E-state index in [2.05, 4.69) is 13.8 Å². The number of methoxy groups -OCH3 is 1. The van der Waals surface area contributed by atoms with Crippen molar-refractivity contribution in [2.24, 2.45) is 5.92 Å². The van der Waals surface area contributed by atoms with Gasteiger partial charge in [0.1, 0.15) is 0 Å². The first-order valence-corrected chi connectivity index (χ1v) is 7.89. The van der Waals surface area contributed by atoms with E-state index in [0.29, 0.717) is 6.61 Å². The molecule has 0 aromatic rings. The molecular formula is C16H30O3. The summed E-state index contributed by atoms with van der Waals surface area (Å²) < 4.78 is 10.2. The van der Waals surface area contributed by atoms with Crippen LogP contribution in [0.15, 0.2) is 0 Å². The maximum atomic E-state index is 11.6. The summed E-state index contributed by atoms with van der Waals surface area (Å²) >= 11 is 0. The number of carbonyl (C=O) groups is 1. The maximum Gasteiger partial charge on any atom is 0.340 e. The average molecular weight is 270 g/mol. The lowest BCUT2D eigenvalue weighted by Gasteiger charge is -2.17. The zero-order chi connectivity index (χ0) is 14.1. The molecule has 19 heavy (non-hydrogen) atoms. The zero-order valence-electron chi connectivity index (χ0n) is 12.9. The molecule has 0 aromatic carbocycles. The predicted octanol–water partition coefficient (Wildman–Crippen LogP) is 4.10. The summed E-state index contributed by atoms with van der Waals surface area (Å²) in [5, 5.41) is 0. The molecule has 1 aliphatic rings. The third-order valence-electron chi connectivity index (χ3n) is 4.27. The van der Waals surface area contributed by atoms with E-state index in [4.69, 9.17) is 9.47 Å². The molecule has 1 heterocycles. The highest BCUT2D eigenvalue weighted by Crippen LogP contribution is 2.39. The molecule has 0 saturated carbocycles. The molecule has 1 rings (SSSR count). The zero-order valence-corrected chi connectivity index (χ0v) is 12.9. The van der Waals surface area contributed by atoms with Crippen LogP contribution in [0.4, 0.5) is 0 Å². The number of esters is 1. The summed E-state index contributed by atoms with van der Waals surface area (Å²) in [6.07, 6.45) is 11.6. The number of unbranched alkanes of at least 4 members (excludes halogenated alkanes) is 7. The monoisotopic (exact) mass is 270 g/mol. The van der Waals surface area contributed by atoms with E-state index in [-0.39, 0.29) is 11.9 Å². The molecule has 0 aliphatic carbocycles. The Morgan fingerprint density at radius 2 is 1.68 bits per heavy atom. The molecule has 0 N–H and O–H groups in total. The molecule has 1 fully saturated rings.